The van der Waals surface area contributed by atoms with Gasteiger partial charge in [-0.3, -0.25) is 9.69 Å². The van der Waals surface area contributed by atoms with Crippen LogP contribution < -0.4 is 10.6 Å². The predicted molar refractivity (Wildman–Crippen MR) is 102 cm³/mol. The Morgan fingerprint density at radius 3 is 2.65 bits per heavy atom. The molecular formula is C19H25N5O2. The third-order valence-corrected chi connectivity index (χ3v) is 4.37. The fourth-order valence-electron chi connectivity index (χ4n) is 2.75. The smallest absolute Gasteiger partial charge is 0.258 e. The minimum absolute atomic E-state index is 0.210. The molecule has 1 aromatic carbocycles. The van der Waals surface area contributed by atoms with Crippen LogP contribution in [-0.2, 0) is 4.74 Å². The molecule has 7 nitrogen and oxygen atoms in total. The highest BCUT2D eigenvalue weighted by molar-refractivity contribution is 6.04. The first kappa shape index (κ1) is 18.3. The first-order valence-corrected chi connectivity index (χ1v) is 8.86. The summed E-state index contributed by atoms with van der Waals surface area (Å²) in [5.41, 5.74) is 3.36. The van der Waals surface area contributed by atoms with E-state index in [0.717, 1.165) is 56.2 Å². The van der Waals surface area contributed by atoms with Crippen LogP contribution in [0.25, 0.3) is 0 Å². The average Bonchev–Trinajstić information content (AvgIpc) is 2.66. The molecule has 2 N–H and O–H groups in total. The van der Waals surface area contributed by atoms with E-state index < -0.39 is 0 Å². The third kappa shape index (κ3) is 5.00. The molecule has 3 rings (SSSR count). The molecule has 0 radical (unpaired) electrons. The highest BCUT2D eigenvalue weighted by atomic mass is 16.5. The fourth-order valence-corrected chi connectivity index (χ4v) is 2.75. The van der Waals surface area contributed by atoms with Crippen LogP contribution in [0.4, 0.5) is 11.6 Å². The van der Waals surface area contributed by atoms with E-state index in [9.17, 15) is 4.79 Å². The van der Waals surface area contributed by atoms with Gasteiger partial charge in [0.2, 0.25) is 5.95 Å². The van der Waals surface area contributed by atoms with E-state index in [2.05, 4.69) is 25.5 Å². The second-order valence-electron chi connectivity index (χ2n) is 6.45. The van der Waals surface area contributed by atoms with Crippen molar-refractivity contribution in [3.8, 4) is 0 Å². The topological polar surface area (TPSA) is 79.4 Å². The number of hydrogen-bond donors (Lipinski definition) is 2. The summed E-state index contributed by atoms with van der Waals surface area (Å²) in [5, 5.41) is 6.10. The molecule has 1 aliphatic rings. The van der Waals surface area contributed by atoms with Gasteiger partial charge in [-0.1, -0.05) is 12.1 Å². The van der Waals surface area contributed by atoms with Crippen molar-refractivity contribution in [2.45, 2.75) is 13.8 Å². The number of carbonyl (C=O) groups is 1. The summed E-state index contributed by atoms with van der Waals surface area (Å²) in [6.07, 6.45) is 3.09. The van der Waals surface area contributed by atoms with E-state index in [1.165, 1.54) is 0 Å². The van der Waals surface area contributed by atoms with Crippen molar-refractivity contribution in [3.05, 3.63) is 47.3 Å². The van der Waals surface area contributed by atoms with Crippen LogP contribution in [0, 0.1) is 13.8 Å². The van der Waals surface area contributed by atoms with Gasteiger partial charge < -0.3 is 15.4 Å². The number of hydrogen-bond acceptors (Lipinski definition) is 6. The van der Waals surface area contributed by atoms with Gasteiger partial charge in [0, 0.05) is 44.3 Å². The normalized spacial score (nSPS) is 14.8. The van der Waals surface area contributed by atoms with Gasteiger partial charge in [-0.15, -0.1) is 0 Å². The van der Waals surface area contributed by atoms with Crippen LogP contribution in [0.2, 0.25) is 0 Å². The maximum Gasteiger partial charge on any atom is 0.258 e. The van der Waals surface area contributed by atoms with Crippen LogP contribution in [0.15, 0.2) is 30.6 Å². The standard InChI is InChI=1S/C19H25N5O2/c1-14-3-4-15(2)17(11-14)23-18(25)16-12-21-19(22-13-16)20-5-6-24-7-9-26-10-8-24/h3-4,11-13H,5-10H2,1-2H3,(H,23,25)(H,20,21,22). The molecule has 2 aromatic rings. The predicted octanol–water partition coefficient (Wildman–Crippen LogP) is 2.09. The van der Waals surface area contributed by atoms with E-state index >= 15 is 0 Å². The second-order valence-corrected chi connectivity index (χ2v) is 6.45. The Morgan fingerprint density at radius 1 is 1.19 bits per heavy atom. The Bertz CT molecular complexity index is 742. The van der Waals surface area contributed by atoms with Crippen LogP contribution in [0.3, 0.4) is 0 Å². The number of carbonyl (C=O) groups excluding carboxylic acids is 1. The van der Waals surface area contributed by atoms with Gasteiger partial charge in [0.05, 0.1) is 18.8 Å². The summed E-state index contributed by atoms with van der Waals surface area (Å²) < 4.78 is 5.33. The van der Waals surface area contributed by atoms with Crippen LogP contribution in [0.1, 0.15) is 21.5 Å². The number of aryl methyl sites for hydroxylation is 2. The Labute approximate surface area is 153 Å². The van der Waals surface area contributed by atoms with Gasteiger partial charge in [-0.2, -0.15) is 0 Å². The highest BCUT2D eigenvalue weighted by Crippen LogP contribution is 2.17. The molecule has 0 bridgehead atoms. The second kappa shape index (κ2) is 8.73. The Morgan fingerprint density at radius 2 is 1.92 bits per heavy atom. The van der Waals surface area contributed by atoms with Gasteiger partial charge in [-0.25, -0.2) is 9.97 Å². The first-order valence-electron chi connectivity index (χ1n) is 8.86. The fraction of sp³-hybridized carbons (Fsp3) is 0.421. The molecule has 1 amide bonds. The largest absolute Gasteiger partial charge is 0.379 e. The third-order valence-electron chi connectivity index (χ3n) is 4.37. The number of benzene rings is 1. The minimum Gasteiger partial charge on any atom is -0.379 e. The lowest BCUT2D eigenvalue weighted by atomic mass is 10.1. The molecule has 2 heterocycles. The van der Waals surface area contributed by atoms with Gasteiger partial charge in [0.25, 0.3) is 5.91 Å². The number of nitrogens with zero attached hydrogens (tertiary/aromatic N) is 3. The highest BCUT2D eigenvalue weighted by Gasteiger charge is 2.11. The zero-order valence-electron chi connectivity index (χ0n) is 15.3. The summed E-state index contributed by atoms with van der Waals surface area (Å²) >= 11 is 0. The summed E-state index contributed by atoms with van der Waals surface area (Å²) in [7, 11) is 0. The molecule has 0 spiro atoms. The Kier molecular flexibility index (Phi) is 6.14. The molecule has 1 saturated heterocycles. The molecule has 0 unspecified atom stereocenters. The molecule has 0 aliphatic carbocycles. The summed E-state index contributed by atoms with van der Waals surface area (Å²) in [6, 6.07) is 5.96. The molecule has 0 atom stereocenters. The van der Waals surface area contributed by atoms with E-state index in [-0.39, 0.29) is 5.91 Å². The van der Waals surface area contributed by atoms with Crippen LogP contribution >= 0.6 is 0 Å². The molecular weight excluding hydrogens is 330 g/mol. The maximum absolute atomic E-state index is 12.4. The number of aromatic nitrogens is 2. The number of morpholine rings is 1. The number of nitrogens with one attached hydrogen (secondary N) is 2. The zero-order chi connectivity index (χ0) is 18.4. The summed E-state index contributed by atoms with van der Waals surface area (Å²) in [6.45, 7) is 9.14. The SMILES string of the molecule is Cc1ccc(C)c(NC(=O)c2cnc(NCCN3CCOCC3)nc2)c1. The Hall–Kier alpha value is -2.51. The lowest BCUT2D eigenvalue weighted by molar-refractivity contribution is 0.0398. The van der Waals surface area contributed by atoms with Crippen LogP contribution in [-0.4, -0.2) is 60.2 Å². The van der Waals surface area contributed by atoms with Crippen molar-refractivity contribution < 1.29 is 9.53 Å². The van der Waals surface area contributed by atoms with Crippen molar-refractivity contribution in [2.24, 2.45) is 0 Å². The summed E-state index contributed by atoms with van der Waals surface area (Å²) in [5.74, 6) is 0.320. The van der Waals surface area contributed by atoms with Gasteiger partial charge in [0.1, 0.15) is 0 Å². The van der Waals surface area contributed by atoms with Crippen molar-refractivity contribution >= 4 is 17.5 Å². The zero-order valence-corrected chi connectivity index (χ0v) is 15.3. The van der Waals surface area contributed by atoms with Gasteiger partial charge in [-0.05, 0) is 31.0 Å². The molecule has 0 saturated carbocycles. The number of ether oxygens (including phenoxy) is 1. The maximum atomic E-state index is 12.4. The van der Waals surface area contributed by atoms with E-state index in [1.54, 1.807) is 12.4 Å². The van der Waals surface area contributed by atoms with Crippen molar-refractivity contribution in [1.29, 1.82) is 0 Å². The van der Waals surface area contributed by atoms with Crippen molar-refractivity contribution in [1.82, 2.24) is 14.9 Å². The molecule has 1 fully saturated rings. The van der Waals surface area contributed by atoms with Crippen molar-refractivity contribution in [2.75, 3.05) is 50.0 Å². The lowest BCUT2D eigenvalue weighted by Gasteiger charge is -2.26. The number of rotatable bonds is 6. The lowest BCUT2D eigenvalue weighted by Crippen LogP contribution is -2.39. The molecule has 7 heteroatoms. The molecule has 1 aliphatic heterocycles. The van der Waals surface area contributed by atoms with Gasteiger partial charge >= 0.3 is 0 Å². The molecule has 1 aromatic heterocycles. The quantitative estimate of drug-likeness (QED) is 0.826. The number of amides is 1. The molecule has 26 heavy (non-hydrogen) atoms. The van der Waals surface area contributed by atoms with Gasteiger partial charge in [0.15, 0.2) is 0 Å². The van der Waals surface area contributed by atoms with E-state index in [4.69, 9.17) is 4.74 Å². The monoisotopic (exact) mass is 355 g/mol. The van der Waals surface area contributed by atoms with Crippen molar-refractivity contribution in [3.63, 3.8) is 0 Å². The average molecular weight is 355 g/mol. The Balaban J connectivity index is 1.51. The molecule has 138 valence electrons. The van der Waals surface area contributed by atoms with E-state index in [0.29, 0.717) is 11.5 Å². The number of anilines is 2. The van der Waals surface area contributed by atoms with E-state index in [1.807, 2.05) is 32.0 Å². The summed E-state index contributed by atoms with van der Waals surface area (Å²) in [4.78, 5) is 23.2. The first-order chi connectivity index (χ1) is 12.6. The minimum atomic E-state index is -0.210. The van der Waals surface area contributed by atoms with Crippen LogP contribution in [0.5, 0.6) is 0 Å².